The molecule has 1 rings (SSSR count). The van der Waals surface area contributed by atoms with Gasteiger partial charge in [0, 0.05) is 13.0 Å². The van der Waals surface area contributed by atoms with E-state index in [9.17, 15) is 4.79 Å². The second-order valence-corrected chi connectivity index (χ2v) is 2.85. The normalized spacial score (nSPS) is 9.93. The van der Waals surface area contributed by atoms with E-state index in [2.05, 4.69) is 4.98 Å². The number of hydrogen-bond acceptors (Lipinski definition) is 5. The van der Waals surface area contributed by atoms with E-state index in [0.29, 0.717) is 6.42 Å². The Morgan fingerprint density at radius 2 is 2.33 bits per heavy atom. The molecule has 1 heterocycles. The van der Waals surface area contributed by atoms with E-state index in [4.69, 9.17) is 20.7 Å². The Hall–Kier alpha value is -1.82. The van der Waals surface area contributed by atoms with Gasteiger partial charge in [0.25, 0.3) is 0 Å². The summed E-state index contributed by atoms with van der Waals surface area (Å²) in [6.07, 6.45) is 1.74. The Kier molecular flexibility index (Phi) is 3.87. The number of aliphatic hydroxyl groups excluding tert-OH is 1. The predicted molar refractivity (Wildman–Crippen MR) is 52.8 cm³/mol. The lowest BCUT2D eigenvalue weighted by atomic mass is 10.2. The third kappa shape index (κ3) is 3.10. The Morgan fingerprint density at radius 1 is 1.60 bits per heavy atom. The molecule has 0 saturated carbocycles. The third-order valence-corrected chi connectivity index (χ3v) is 1.64. The van der Waals surface area contributed by atoms with Crippen LogP contribution in [0.15, 0.2) is 12.3 Å². The van der Waals surface area contributed by atoms with E-state index in [-0.39, 0.29) is 30.3 Å². The lowest BCUT2D eigenvalue weighted by Gasteiger charge is -2.07. The molecular formula is C9H12N2O4. The average Bonchev–Trinajstić information content (AvgIpc) is 2.20. The first-order valence-electron chi connectivity index (χ1n) is 4.37. The average molecular weight is 212 g/mol. The molecule has 0 aliphatic heterocycles. The predicted octanol–water partition coefficient (Wildman–Crippen LogP) is 0.123. The van der Waals surface area contributed by atoms with Crippen molar-refractivity contribution in [1.82, 2.24) is 4.98 Å². The van der Waals surface area contributed by atoms with Crippen LogP contribution in [-0.4, -0.2) is 34.4 Å². The molecule has 0 radical (unpaired) electrons. The molecule has 0 bridgehead atoms. The highest BCUT2D eigenvalue weighted by Crippen LogP contribution is 2.17. The number of aliphatic hydroxyl groups is 1. The molecule has 0 fully saturated rings. The maximum atomic E-state index is 10.8. The number of carbonyl (C=O) groups is 1. The van der Waals surface area contributed by atoms with E-state index in [0.717, 1.165) is 0 Å². The van der Waals surface area contributed by atoms with Gasteiger partial charge in [-0.15, -0.1) is 0 Å². The van der Waals surface area contributed by atoms with Crippen LogP contribution < -0.4 is 10.5 Å². The van der Waals surface area contributed by atoms with Crippen molar-refractivity contribution in [2.45, 2.75) is 6.42 Å². The summed E-state index contributed by atoms with van der Waals surface area (Å²) in [5, 5.41) is 17.4. The molecule has 0 aliphatic carbocycles. The maximum absolute atomic E-state index is 10.8. The molecule has 0 aliphatic rings. The van der Waals surface area contributed by atoms with Crippen LogP contribution in [0.3, 0.4) is 0 Å². The van der Waals surface area contributed by atoms with Gasteiger partial charge in [-0.05, 0) is 6.07 Å². The smallest absolute Gasteiger partial charge is 0.341 e. The summed E-state index contributed by atoms with van der Waals surface area (Å²) in [5.41, 5.74) is 5.59. The van der Waals surface area contributed by atoms with Gasteiger partial charge in [0.1, 0.15) is 5.56 Å². The zero-order chi connectivity index (χ0) is 11.3. The number of hydrogen-bond donors (Lipinski definition) is 3. The quantitative estimate of drug-likeness (QED) is 0.599. The number of nitrogen functional groups attached to an aromatic ring is 1. The Bertz CT molecular complexity index is 354. The van der Waals surface area contributed by atoms with Gasteiger partial charge in [0.05, 0.1) is 18.5 Å². The summed E-state index contributed by atoms with van der Waals surface area (Å²) in [6, 6.07) is 1.28. The number of nitrogens with two attached hydrogens (primary N) is 1. The summed E-state index contributed by atoms with van der Waals surface area (Å²) < 4.78 is 5.09. The monoisotopic (exact) mass is 212 g/mol. The van der Waals surface area contributed by atoms with Crippen LogP contribution in [0.1, 0.15) is 16.8 Å². The number of ether oxygens (including phenoxy) is 1. The van der Waals surface area contributed by atoms with Crippen LogP contribution in [0.25, 0.3) is 0 Å². The van der Waals surface area contributed by atoms with Crippen molar-refractivity contribution in [3.05, 3.63) is 17.8 Å². The molecule has 15 heavy (non-hydrogen) atoms. The number of pyridine rings is 1. The molecule has 82 valence electrons. The van der Waals surface area contributed by atoms with Crippen molar-refractivity contribution in [2.24, 2.45) is 0 Å². The van der Waals surface area contributed by atoms with Gasteiger partial charge in [-0.25, -0.2) is 9.78 Å². The lowest BCUT2D eigenvalue weighted by molar-refractivity contribution is 0.0691. The van der Waals surface area contributed by atoms with E-state index in [1.165, 1.54) is 12.3 Å². The first-order chi connectivity index (χ1) is 7.15. The zero-order valence-electron chi connectivity index (χ0n) is 8.01. The van der Waals surface area contributed by atoms with E-state index in [1.54, 1.807) is 0 Å². The van der Waals surface area contributed by atoms with Gasteiger partial charge in [-0.2, -0.15) is 0 Å². The molecule has 0 atom stereocenters. The fourth-order valence-electron chi connectivity index (χ4n) is 0.970. The summed E-state index contributed by atoms with van der Waals surface area (Å²) in [6.45, 7) is 0.199. The van der Waals surface area contributed by atoms with Crippen molar-refractivity contribution in [3.63, 3.8) is 0 Å². The fourth-order valence-corrected chi connectivity index (χ4v) is 0.970. The highest BCUT2D eigenvalue weighted by Gasteiger charge is 2.12. The zero-order valence-corrected chi connectivity index (χ0v) is 8.01. The van der Waals surface area contributed by atoms with E-state index in [1.807, 2.05) is 0 Å². The van der Waals surface area contributed by atoms with Gasteiger partial charge in [0.15, 0.2) is 0 Å². The van der Waals surface area contributed by atoms with Crippen molar-refractivity contribution >= 4 is 11.7 Å². The van der Waals surface area contributed by atoms with Crippen molar-refractivity contribution in [1.29, 1.82) is 0 Å². The first-order valence-corrected chi connectivity index (χ1v) is 4.37. The minimum absolute atomic E-state index is 0.0165. The fraction of sp³-hybridized carbons (Fsp3) is 0.333. The van der Waals surface area contributed by atoms with Crippen LogP contribution in [-0.2, 0) is 0 Å². The van der Waals surface area contributed by atoms with Crippen LogP contribution >= 0.6 is 0 Å². The molecule has 0 spiro atoms. The minimum Gasteiger partial charge on any atom is -0.477 e. The van der Waals surface area contributed by atoms with E-state index < -0.39 is 5.97 Å². The number of rotatable bonds is 5. The molecule has 6 nitrogen and oxygen atoms in total. The standard InChI is InChI=1S/C9H12N2O4/c10-6-4-7(9(13)14)8(11-5-6)15-3-1-2-12/h4-5,12H,1-3,10H2,(H,13,14). The summed E-state index contributed by atoms with van der Waals surface area (Å²) >= 11 is 0. The third-order valence-electron chi connectivity index (χ3n) is 1.64. The van der Waals surface area contributed by atoms with Crippen molar-refractivity contribution < 1.29 is 19.7 Å². The molecule has 0 saturated heterocycles. The Labute approximate surface area is 86.3 Å². The second kappa shape index (κ2) is 5.16. The van der Waals surface area contributed by atoms with Crippen molar-refractivity contribution in [2.75, 3.05) is 18.9 Å². The number of carboxylic acid groups (broad SMARTS) is 1. The van der Waals surface area contributed by atoms with Gasteiger partial charge in [-0.1, -0.05) is 0 Å². The van der Waals surface area contributed by atoms with Crippen LogP contribution in [0.2, 0.25) is 0 Å². The van der Waals surface area contributed by atoms with Gasteiger partial charge in [-0.3, -0.25) is 0 Å². The number of aromatic carboxylic acids is 1. The SMILES string of the molecule is Nc1cnc(OCCCO)c(C(=O)O)c1. The second-order valence-electron chi connectivity index (χ2n) is 2.85. The summed E-state index contributed by atoms with van der Waals surface area (Å²) in [5.74, 6) is -1.13. The number of nitrogens with zero attached hydrogens (tertiary/aromatic N) is 1. The number of anilines is 1. The van der Waals surface area contributed by atoms with Crippen LogP contribution in [0.4, 0.5) is 5.69 Å². The maximum Gasteiger partial charge on any atom is 0.341 e. The van der Waals surface area contributed by atoms with E-state index >= 15 is 0 Å². The molecule has 4 N–H and O–H groups in total. The van der Waals surface area contributed by atoms with Gasteiger partial charge in [0.2, 0.25) is 5.88 Å². The largest absolute Gasteiger partial charge is 0.477 e. The Morgan fingerprint density at radius 3 is 2.93 bits per heavy atom. The molecular weight excluding hydrogens is 200 g/mol. The highest BCUT2D eigenvalue weighted by atomic mass is 16.5. The van der Waals surface area contributed by atoms with Crippen LogP contribution in [0.5, 0.6) is 5.88 Å². The molecule has 0 aromatic carbocycles. The highest BCUT2D eigenvalue weighted by molar-refractivity contribution is 5.91. The van der Waals surface area contributed by atoms with Crippen LogP contribution in [0, 0.1) is 0 Å². The van der Waals surface area contributed by atoms with Gasteiger partial charge >= 0.3 is 5.97 Å². The molecule has 0 unspecified atom stereocenters. The summed E-state index contributed by atoms with van der Waals surface area (Å²) in [4.78, 5) is 14.5. The molecule has 1 aromatic heterocycles. The Balaban J connectivity index is 2.81. The lowest BCUT2D eigenvalue weighted by Crippen LogP contribution is -2.08. The molecule has 0 amide bonds. The van der Waals surface area contributed by atoms with Crippen molar-refractivity contribution in [3.8, 4) is 5.88 Å². The number of aromatic nitrogens is 1. The topological polar surface area (TPSA) is 106 Å². The number of carboxylic acids is 1. The summed E-state index contributed by atoms with van der Waals surface area (Å²) in [7, 11) is 0. The molecule has 6 heteroatoms. The first kappa shape index (κ1) is 11.3. The minimum atomic E-state index is -1.14. The van der Waals surface area contributed by atoms with Gasteiger partial charge < -0.3 is 20.7 Å². The molecule has 1 aromatic rings.